The van der Waals surface area contributed by atoms with Crippen LogP contribution >= 0.6 is 0 Å². The molecule has 1 saturated heterocycles. The van der Waals surface area contributed by atoms with E-state index in [9.17, 15) is 19.8 Å². The van der Waals surface area contributed by atoms with Crippen molar-refractivity contribution >= 4 is 28.3 Å². The normalized spacial score (nSPS) is 30.6. The fraction of sp³-hybridized carbons (Fsp3) is 0.667. The number of carbonyl (C=O) groups excluding carboxylic acids is 2. The molecule has 0 aromatic heterocycles. The first kappa shape index (κ1) is 27.2. The van der Waals surface area contributed by atoms with Crippen LogP contribution in [0, 0.1) is 0 Å². The van der Waals surface area contributed by atoms with Crippen LogP contribution in [0.5, 0.6) is 0 Å². The predicted octanol–water partition coefficient (Wildman–Crippen LogP) is 3.00. The van der Waals surface area contributed by atoms with Crippen molar-refractivity contribution in [3.63, 3.8) is 0 Å². The first-order chi connectivity index (χ1) is 15.5. The van der Waals surface area contributed by atoms with Crippen LogP contribution in [0.3, 0.4) is 0 Å². The van der Waals surface area contributed by atoms with Crippen molar-refractivity contribution in [3.05, 3.63) is 35.9 Å². The average Bonchev–Trinajstić information content (AvgIpc) is 2.71. The number of aliphatic hydroxyl groups is 2. The monoisotopic (exact) mass is 509 g/mol. The van der Waals surface area contributed by atoms with Gasteiger partial charge in [0.05, 0.1) is 6.42 Å². The molecule has 3 rings (SSSR count). The van der Waals surface area contributed by atoms with E-state index in [1.165, 1.54) is 0 Å². The summed E-state index contributed by atoms with van der Waals surface area (Å²) < 4.78 is 13.0. The van der Waals surface area contributed by atoms with E-state index >= 15 is 0 Å². The Bertz CT molecular complexity index is 912. The molecule has 34 heavy (non-hydrogen) atoms. The molecule has 0 radical (unpaired) electrons. The SMILES string of the molecule is CC(C)(C)[Si](C)(C)O[C@@H]1C(=O)[C@@H](O)[C@@H](O)[C@]2(CC(=O)N2OCc2ccccc2)[C@@H]1O[Si](C)(C)C. The third kappa shape index (κ3) is 4.95. The van der Waals surface area contributed by atoms with Crippen molar-refractivity contribution in [3.8, 4) is 0 Å². The van der Waals surface area contributed by atoms with Crippen LogP contribution in [0.2, 0.25) is 37.8 Å². The number of aliphatic hydroxyl groups excluding tert-OH is 2. The van der Waals surface area contributed by atoms with Gasteiger partial charge in [0.2, 0.25) is 5.91 Å². The van der Waals surface area contributed by atoms with Gasteiger partial charge in [0.25, 0.3) is 0 Å². The summed E-state index contributed by atoms with van der Waals surface area (Å²) in [7, 11) is -4.79. The van der Waals surface area contributed by atoms with Gasteiger partial charge >= 0.3 is 0 Å². The van der Waals surface area contributed by atoms with Gasteiger partial charge in [-0.1, -0.05) is 51.1 Å². The largest absolute Gasteiger partial charge is 0.409 e. The first-order valence-corrected chi connectivity index (χ1v) is 18.1. The Hall–Kier alpha value is -1.41. The van der Waals surface area contributed by atoms with Gasteiger partial charge < -0.3 is 19.1 Å². The Balaban J connectivity index is 2.03. The number of nitrogens with zero attached hydrogens (tertiary/aromatic N) is 1. The van der Waals surface area contributed by atoms with Gasteiger partial charge in [0, 0.05) is 0 Å². The Kier molecular flexibility index (Phi) is 7.38. The molecule has 1 saturated carbocycles. The molecule has 2 fully saturated rings. The summed E-state index contributed by atoms with van der Waals surface area (Å²) in [6.45, 7) is 16.2. The van der Waals surface area contributed by atoms with E-state index in [0.717, 1.165) is 10.6 Å². The maximum Gasteiger partial charge on any atom is 0.249 e. The van der Waals surface area contributed by atoms with E-state index in [-0.39, 0.29) is 24.0 Å². The summed E-state index contributed by atoms with van der Waals surface area (Å²) in [4.78, 5) is 32.0. The summed E-state index contributed by atoms with van der Waals surface area (Å²) in [5, 5.41) is 22.9. The van der Waals surface area contributed by atoms with E-state index in [4.69, 9.17) is 13.7 Å². The number of hydrogen-bond acceptors (Lipinski definition) is 7. The highest BCUT2D eigenvalue weighted by molar-refractivity contribution is 6.74. The number of carbonyl (C=O) groups is 2. The number of hydrogen-bond donors (Lipinski definition) is 2. The number of amides is 1. The van der Waals surface area contributed by atoms with E-state index in [0.29, 0.717) is 0 Å². The molecule has 1 aliphatic heterocycles. The average molecular weight is 510 g/mol. The lowest BCUT2D eigenvalue weighted by Gasteiger charge is -2.61. The molecular formula is C24H39NO7Si2. The molecule has 8 nitrogen and oxygen atoms in total. The van der Waals surface area contributed by atoms with Crippen molar-refractivity contribution in [2.45, 2.75) is 102 Å². The minimum Gasteiger partial charge on any atom is -0.409 e. The molecule has 1 amide bonds. The molecule has 1 aliphatic carbocycles. The first-order valence-electron chi connectivity index (χ1n) is 11.8. The van der Waals surface area contributed by atoms with Gasteiger partial charge in [0.15, 0.2) is 22.4 Å². The van der Waals surface area contributed by atoms with Crippen LogP contribution in [0.15, 0.2) is 30.3 Å². The fourth-order valence-corrected chi connectivity index (χ4v) is 6.53. The lowest BCUT2D eigenvalue weighted by atomic mass is 9.67. The van der Waals surface area contributed by atoms with Crippen molar-refractivity contribution < 1.29 is 33.5 Å². The molecule has 1 aromatic carbocycles. The van der Waals surface area contributed by atoms with Gasteiger partial charge in [-0.05, 0) is 43.3 Å². The van der Waals surface area contributed by atoms with Gasteiger partial charge in [0.1, 0.15) is 36.6 Å². The molecule has 2 aliphatic rings. The summed E-state index contributed by atoms with van der Waals surface area (Å²) in [5.41, 5.74) is -0.581. The molecule has 10 heteroatoms. The zero-order chi connectivity index (χ0) is 25.7. The number of hydroxylamine groups is 2. The van der Waals surface area contributed by atoms with Crippen LogP contribution in [-0.2, 0) is 29.9 Å². The number of β-lactam (4-membered cyclic amide) rings is 1. The highest BCUT2D eigenvalue weighted by Gasteiger charge is 2.71. The standard InChI is InChI=1S/C24H39NO7Si2/c1-23(2,3)34(7,8)31-20-18(27)19(28)21(29)24(22(20)32-33(4,5)6)14-17(26)25(24)30-15-16-12-10-9-11-13-16/h9-13,19-22,28-29H,14-15H2,1-8H3/t19-,20-,21-,22-,24-/m1/s1. The fourth-order valence-electron chi connectivity index (χ4n) is 4.21. The highest BCUT2D eigenvalue weighted by atomic mass is 28.4. The third-order valence-corrected chi connectivity index (χ3v) is 12.5. The molecule has 0 bridgehead atoms. The highest BCUT2D eigenvalue weighted by Crippen LogP contribution is 2.48. The molecule has 190 valence electrons. The Morgan fingerprint density at radius 1 is 1.03 bits per heavy atom. The lowest BCUT2D eigenvalue weighted by Crippen LogP contribution is -2.83. The van der Waals surface area contributed by atoms with Gasteiger partial charge in [-0.2, -0.15) is 0 Å². The molecule has 1 heterocycles. The van der Waals surface area contributed by atoms with Crippen LogP contribution in [0.1, 0.15) is 32.8 Å². The lowest BCUT2D eigenvalue weighted by molar-refractivity contribution is -0.317. The minimum atomic E-state index is -2.49. The zero-order valence-corrected chi connectivity index (χ0v) is 23.5. The zero-order valence-electron chi connectivity index (χ0n) is 21.5. The van der Waals surface area contributed by atoms with Crippen molar-refractivity contribution in [2.24, 2.45) is 0 Å². The molecular weight excluding hydrogens is 470 g/mol. The molecule has 2 N–H and O–H groups in total. The summed E-state index contributed by atoms with van der Waals surface area (Å²) in [6.07, 6.45) is -5.48. The van der Waals surface area contributed by atoms with Gasteiger partial charge in [-0.25, -0.2) is 5.06 Å². The Morgan fingerprint density at radius 2 is 1.62 bits per heavy atom. The summed E-state index contributed by atoms with van der Waals surface area (Å²) >= 11 is 0. The van der Waals surface area contributed by atoms with Gasteiger partial charge in [-0.15, -0.1) is 0 Å². The predicted molar refractivity (Wildman–Crippen MR) is 133 cm³/mol. The number of Topliss-reactive ketones (excluding diaryl/α,β-unsaturated/α-hetero) is 1. The van der Waals surface area contributed by atoms with Gasteiger partial charge in [-0.3, -0.25) is 14.4 Å². The minimum absolute atomic E-state index is 0.0958. The Labute approximate surface area is 204 Å². The van der Waals surface area contributed by atoms with Crippen LogP contribution in [0.4, 0.5) is 0 Å². The van der Waals surface area contributed by atoms with Crippen molar-refractivity contribution in [1.82, 2.24) is 5.06 Å². The van der Waals surface area contributed by atoms with E-state index in [1.807, 2.05) is 63.1 Å². The number of ketones is 1. The Morgan fingerprint density at radius 3 is 2.12 bits per heavy atom. The maximum atomic E-state index is 13.3. The second-order valence-electron chi connectivity index (χ2n) is 11.9. The second-order valence-corrected chi connectivity index (χ2v) is 21.1. The van der Waals surface area contributed by atoms with Crippen molar-refractivity contribution in [2.75, 3.05) is 0 Å². The molecule has 0 unspecified atom stereocenters. The van der Waals surface area contributed by atoms with Crippen LogP contribution in [-0.4, -0.2) is 73.6 Å². The third-order valence-electron chi connectivity index (χ3n) is 7.10. The van der Waals surface area contributed by atoms with Crippen LogP contribution < -0.4 is 0 Å². The smallest absolute Gasteiger partial charge is 0.249 e. The second kappa shape index (κ2) is 9.23. The van der Waals surface area contributed by atoms with E-state index in [1.54, 1.807) is 0 Å². The van der Waals surface area contributed by atoms with E-state index < -0.39 is 52.4 Å². The van der Waals surface area contributed by atoms with Crippen LogP contribution in [0.25, 0.3) is 0 Å². The quantitative estimate of drug-likeness (QED) is 0.430. The van der Waals surface area contributed by atoms with E-state index in [2.05, 4.69) is 20.8 Å². The number of rotatable bonds is 7. The number of benzene rings is 1. The summed E-state index contributed by atoms with van der Waals surface area (Å²) in [5.74, 6) is -0.958. The molecule has 1 spiro atoms. The summed E-state index contributed by atoms with van der Waals surface area (Å²) in [6, 6.07) is 9.35. The maximum absolute atomic E-state index is 13.3. The topological polar surface area (TPSA) is 106 Å². The molecule has 1 aromatic rings. The molecule has 5 atom stereocenters. The van der Waals surface area contributed by atoms with Crippen molar-refractivity contribution in [1.29, 1.82) is 0 Å².